The second-order valence-corrected chi connectivity index (χ2v) is 28.4. The van der Waals surface area contributed by atoms with Crippen molar-refractivity contribution in [3.8, 4) is 0 Å². The first-order valence-corrected chi connectivity index (χ1v) is 42.4. The van der Waals surface area contributed by atoms with Crippen molar-refractivity contribution in [1.29, 1.82) is 0 Å². The van der Waals surface area contributed by atoms with Crippen LogP contribution >= 0.6 is 15.6 Å². The highest BCUT2D eigenvalue weighted by atomic mass is 31.2. The summed E-state index contributed by atoms with van der Waals surface area (Å²) in [5.74, 6) is -2.38. The molecule has 0 aromatic rings. The van der Waals surface area contributed by atoms with Gasteiger partial charge in [0.25, 0.3) is 0 Å². The van der Waals surface area contributed by atoms with Gasteiger partial charge in [-0.05, 0) is 148 Å². The summed E-state index contributed by atoms with van der Waals surface area (Å²) in [6, 6.07) is 0. The summed E-state index contributed by atoms with van der Waals surface area (Å²) in [5, 5.41) is 10.6. The van der Waals surface area contributed by atoms with Gasteiger partial charge in [0.15, 0.2) is 12.2 Å². The molecule has 0 spiro atoms. The molecule has 0 aliphatic carbocycles. The van der Waals surface area contributed by atoms with Gasteiger partial charge in [-0.2, -0.15) is 0 Å². The number of ether oxygens (including phenoxy) is 4. The molecular formula is C85H138O17P2. The van der Waals surface area contributed by atoms with E-state index in [1.807, 2.05) is 12.2 Å². The predicted molar refractivity (Wildman–Crippen MR) is 426 cm³/mol. The zero-order valence-corrected chi connectivity index (χ0v) is 66.2. The van der Waals surface area contributed by atoms with Crippen LogP contribution in [0.4, 0.5) is 0 Å². The quantitative estimate of drug-likeness (QED) is 0.0169. The summed E-state index contributed by atoms with van der Waals surface area (Å²) < 4.78 is 68.4. The van der Waals surface area contributed by atoms with Crippen molar-refractivity contribution in [2.75, 3.05) is 39.6 Å². The summed E-state index contributed by atoms with van der Waals surface area (Å²) in [4.78, 5) is 72.9. The van der Waals surface area contributed by atoms with Crippen LogP contribution in [0.15, 0.2) is 170 Å². The molecule has 0 radical (unpaired) electrons. The Morgan fingerprint density at radius 1 is 0.288 bits per heavy atom. The van der Waals surface area contributed by atoms with Crippen molar-refractivity contribution in [1.82, 2.24) is 0 Å². The minimum Gasteiger partial charge on any atom is -0.462 e. The number of hydrogen-bond donors (Lipinski definition) is 3. The molecule has 0 aliphatic heterocycles. The highest BCUT2D eigenvalue weighted by molar-refractivity contribution is 7.47. The van der Waals surface area contributed by atoms with Crippen molar-refractivity contribution in [3.05, 3.63) is 170 Å². The number of phosphoric ester groups is 2. The van der Waals surface area contributed by atoms with Crippen LogP contribution in [-0.2, 0) is 65.4 Å². The molecule has 5 unspecified atom stereocenters. The van der Waals surface area contributed by atoms with Gasteiger partial charge in [-0.3, -0.25) is 37.3 Å². The Hall–Kier alpha value is -5.58. The smallest absolute Gasteiger partial charge is 0.462 e. The maximum absolute atomic E-state index is 13.1. The van der Waals surface area contributed by atoms with E-state index in [0.717, 1.165) is 193 Å². The minimum atomic E-state index is -5.01. The van der Waals surface area contributed by atoms with Gasteiger partial charge in [0.2, 0.25) is 0 Å². The van der Waals surface area contributed by atoms with Crippen LogP contribution in [0.25, 0.3) is 0 Å². The molecule has 0 heterocycles. The molecule has 3 N–H and O–H groups in total. The highest BCUT2D eigenvalue weighted by Gasteiger charge is 2.30. The van der Waals surface area contributed by atoms with Crippen molar-refractivity contribution >= 4 is 39.5 Å². The van der Waals surface area contributed by atoms with Crippen molar-refractivity contribution in [2.45, 2.75) is 303 Å². The number of unbranched alkanes of at least 4 members (excludes halogenated alkanes) is 19. The fourth-order valence-corrected chi connectivity index (χ4v) is 11.4. The Kier molecular flexibility index (Phi) is 71.6. The van der Waals surface area contributed by atoms with E-state index >= 15 is 0 Å². The lowest BCUT2D eigenvalue weighted by Crippen LogP contribution is -2.30. The van der Waals surface area contributed by atoms with Crippen LogP contribution in [0.3, 0.4) is 0 Å². The first-order chi connectivity index (χ1) is 50.7. The topological polar surface area (TPSA) is 237 Å². The molecule has 0 fully saturated rings. The Bertz CT molecular complexity index is 2640. The van der Waals surface area contributed by atoms with Gasteiger partial charge in [0, 0.05) is 19.3 Å². The van der Waals surface area contributed by atoms with Crippen LogP contribution in [0.5, 0.6) is 0 Å². The molecule has 19 heteroatoms. The lowest BCUT2D eigenvalue weighted by Gasteiger charge is -2.21. The second kappa shape index (κ2) is 75.6. The molecular weight excluding hydrogens is 1350 g/mol. The van der Waals surface area contributed by atoms with E-state index in [2.05, 4.69) is 174 Å². The number of esters is 4. The fraction of sp³-hybridized carbons (Fsp3) is 0.624. The van der Waals surface area contributed by atoms with Gasteiger partial charge in [-0.25, -0.2) is 9.13 Å². The van der Waals surface area contributed by atoms with E-state index in [4.69, 9.17) is 37.0 Å². The molecule has 0 aliphatic rings. The van der Waals surface area contributed by atoms with E-state index in [1.54, 1.807) is 12.2 Å². The number of rotatable bonds is 72. The third-order valence-corrected chi connectivity index (χ3v) is 17.6. The average Bonchev–Trinajstić information content (AvgIpc) is 0.924. The highest BCUT2D eigenvalue weighted by Crippen LogP contribution is 2.45. The lowest BCUT2D eigenvalue weighted by atomic mass is 10.1. The number of phosphoric acid groups is 2. The Morgan fingerprint density at radius 2 is 0.538 bits per heavy atom. The molecule has 0 bridgehead atoms. The Labute approximate surface area is 629 Å². The van der Waals surface area contributed by atoms with Crippen molar-refractivity contribution in [2.24, 2.45) is 0 Å². The Balaban J connectivity index is 5.41. The lowest BCUT2D eigenvalue weighted by molar-refractivity contribution is -0.161. The monoisotopic (exact) mass is 1490 g/mol. The Morgan fingerprint density at radius 3 is 0.865 bits per heavy atom. The van der Waals surface area contributed by atoms with E-state index in [1.165, 1.54) is 12.8 Å². The standard InChI is InChI=1S/C85H138O17P2/c1-5-9-13-17-21-25-29-32-35-37-39-41-44-46-50-53-57-61-65-69-82(87)95-75-80(101-84(89)71-67-63-59-55-49-28-24-20-16-12-8-4)77-99-103(91,92)97-73-79(86)74-98-104(93,94)100-78-81(102-85(90)72-68-64-60-56-52-48-43-34-31-27-23-19-15-11-7-3)76-96-83(88)70-66-62-58-54-51-47-45-42-40-38-36-33-30-26-22-18-14-10-6-2/h9-11,13-15,20-27,32-36,39-43,52,56,64,68,79-81,86H,5-8,12,16-19,28-31,37-38,44-51,53-55,57-63,65-67,69-78H2,1-4H3,(H,91,92)(H,93,94)/b13-9-,14-10-,15-11-,24-20-,25-21-,26-22-,27-23-,35-32-,36-33-,41-39-,42-40-,43-34-,56-52-,68-64-. The van der Waals surface area contributed by atoms with Crippen LogP contribution in [0, 0.1) is 0 Å². The molecule has 590 valence electrons. The maximum Gasteiger partial charge on any atom is 0.472 e. The molecule has 104 heavy (non-hydrogen) atoms. The summed E-state index contributed by atoms with van der Waals surface area (Å²) in [5.41, 5.74) is 0. The van der Waals surface area contributed by atoms with E-state index < -0.39 is 97.5 Å². The van der Waals surface area contributed by atoms with Crippen LogP contribution < -0.4 is 0 Å². The number of carbonyl (C=O) groups is 4. The van der Waals surface area contributed by atoms with Gasteiger partial charge >= 0.3 is 39.5 Å². The van der Waals surface area contributed by atoms with Crippen molar-refractivity contribution < 1.29 is 80.2 Å². The number of carbonyl (C=O) groups excluding carboxylic acids is 4. The maximum atomic E-state index is 13.1. The zero-order chi connectivity index (χ0) is 76.0. The third kappa shape index (κ3) is 74.7. The number of aliphatic hydroxyl groups is 1. The largest absolute Gasteiger partial charge is 0.472 e. The molecule has 0 aromatic carbocycles. The van der Waals surface area contributed by atoms with E-state index in [0.29, 0.717) is 25.7 Å². The van der Waals surface area contributed by atoms with Crippen LogP contribution in [-0.4, -0.2) is 96.7 Å². The van der Waals surface area contributed by atoms with Crippen LogP contribution in [0.1, 0.15) is 285 Å². The molecule has 0 saturated carbocycles. The number of allylic oxidation sites excluding steroid dienone is 27. The van der Waals surface area contributed by atoms with Crippen LogP contribution in [0.2, 0.25) is 0 Å². The summed E-state index contributed by atoms with van der Waals surface area (Å²) >= 11 is 0. The average molecular weight is 1490 g/mol. The zero-order valence-electron chi connectivity index (χ0n) is 64.4. The molecule has 0 amide bonds. The molecule has 17 nitrogen and oxygen atoms in total. The van der Waals surface area contributed by atoms with Gasteiger partial charge in [0.05, 0.1) is 32.8 Å². The third-order valence-electron chi connectivity index (χ3n) is 15.7. The van der Waals surface area contributed by atoms with Gasteiger partial charge in [-0.1, -0.05) is 281 Å². The minimum absolute atomic E-state index is 0.0731. The van der Waals surface area contributed by atoms with Gasteiger partial charge < -0.3 is 33.8 Å². The fourth-order valence-electron chi connectivity index (χ4n) is 9.79. The molecule has 0 rings (SSSR count). The SMILES string of the molecule is CC/C=C\C/C=C\C/C=C\C/C=C\C/C=C\CC(=O)OC(COC(=O)CCCCCCCC/C=C\C/C=C\C/C=C\C/C=C\CC)COP(=O)(O)OCC(O)COP(=O)(O)OCC(COC(=O)CCCCCCCC/C=C\C/C=C\C/C=C\C/C=C\CC)OC(=O)CCCCCCC/C=C\CCCC. The molecule has 5 atom stereocenters. The first-order valence-electron chi connectivity index (χ1n) is 39.4. The normalized spacial score (nSPS) is 14.8. The summed E-state index contributed by atoms with van der Waals surface area (Å²) in [7, 11) is -10.0. The molecule has 0 saturated heterocycles. The number of aliphatic hydroxyl groups excluding tert-OH is 1. The van der Waals surface area contributed by atoms with Gasteiger partial charge in [0.1, 0.15) is 19.3 Å². The predicted octanol–water partition coefficient (Wildman–Crippen LogP) is 23.0. The summed E-state index contributed by atoms with van der Waals surface area (Å²) in [6.07, 6.45) is 89.4. The van der Waals surface area contributed by atoms with Gasteiger partial charge in [-0.15, -0.1) is 0 Å². The van der Waals surface area contributed by atoms with E-state index in [9.17, 15) is 43.2 Å². The number of hydrogen-bond acceptors (Lipinski definition) is 15. The summed E-state index contributed by atoms with van der Waals surface area (Å²) in [6.45, 7) is 4.32. The second-order valence-electron chi connectivity index (χ2n) is 25.5. The molecule has 0 aromatic heterocycles. The van der Waals surface area contributed by atoms with Crippen molar-refractivity contribution in [3.63, 3.8) is 0 Å². The van der Waals surface area contributed by atoms with E-state index in [-0.39, 0.29) is 25.7 Å². The first kappa shape index (κ1) is 98.4.